The highest BCUT2D eigenvalue weighted by Crippen LogP contribution is 2.70. The molecule has 168 valence electrons. The number of piperazine rings is 1. The summed E-state index contributed by atoms with van der Waals surface area (Å²) in [4.78, 5) is 43.0. The number of nitrogens with zero attached hydrogens (tertiary/aromatic N) is 3. The van der Waals surface area contributed by atoms with Crippen LogP contribution in [0.25, 0.3) is 0 Å². The van der Waals surface area contributed by atoms with E-state index in [4.69, 9.17) is 16.3 Å². The van der Waals surface area contributed by atoms with E-state index in [1.54, 1.807) is 4.90 Å². The predicted octanol–water partition coefficient (Wildman–Crippen LogP) is 2.40. The fraction of sp³-hybridized carbons (Fsp3) is 0.857. The van der Waals surface area contributed by atoms with E-state index in [1.165, 1.54) is 0 Å². The van der Waals surface area contributed by atoms with Gasteiger partial charge in [0.1, 0.15) is 5.60 Å². The van der Waals surface area contributed by atoms with Gasteiger partial charge in [0.05, 0.1) is 6.04 Å². The van der Waals surface area contributed by atoms with Crippen LogP contribution in [-0.2, 0) is 9.53 Å². The van der Waals surface area contributed by atoms with Gasteiger partial charge in [-0.1, -0.05) is 0 Å². The fourth-order valence-corrected chi connectivity index (χ4v) is 5.74. The zero-order valence-corrected chi connectivity index (χ0v) is 19.0. The van der Waals surface area contributed by atoms with Crippen LogP contribution in [0.1, 0.15) is 52.9 Å². The highest BCUT2D eigenvalue weighted by Gasteiger charge is 2.72. The number of halogens is 1. The van der Waals surface area contributed by atoms with Crippen molar-refractivity contribution in [3.8, 4) is 0 Å². The van der Waals surface area contributed by atoms with Crippen LogP contribution in [0.15, 0.2) is 0 Å². The van der Waals surface area contributed by atoms with E-state index in [2.05, 4.69) is 5.32 Å². The molecule has 3 saturated carbocycles. The highest BCUT2D eigenvalue weighted by molar-refractivity contribution is 6.17. The summed E-state index contributed by atoms with van der Waals surface area (Å²) in [6.45, 7) is 8.53. The number of carbonyl (C=O) groups excluding carboxylic acids is 3. The zero-order valence-electron chi connectivity index (χ0n) is 18.2. The third-order valence-corrected chi connectivity index (χ3v) is 7.15. The van der Waals surface area contributed by atoms with Gasteiger partial charge < -0.3 is 24.8 Å². The van der Waals surface area contributed by atoms with Crippen molar-refractivity contribution in [1.29, 1.82) is 0 Å². The van der Waals surface area contributed by atoms with Gasteiger partial charge in [0.25, 0.3) is 0 Å². The number of carbonyl (C=O) groups is 3. The summed E-state index contributed by atoms with van der Waals surface area (Å²) in [6.07, 6.45) is 3.74. The second-order valence-electron chi connectivity index (χ2n) is 10.5. The second kappa shape index (κ2) is 7.46. The molecule has 0 spiro atoms. The maximum atomic E-state index is 13.0. The standard InChI is InChI=1S/C21H33ClN4O4/c1-19(2,3)30-18(29)24-7-8-25-15(9-24)10-26(17(25)28)21-11-20(12-21,13-21)14-23-16(27)5-4-6-22/h15H,4-14H2,1-3H3,(H,23,27)/t15-,20?,21?/m0/s1. The van der Waals surface area contributed by atoms with Gasteiger partial charge in [-0.2, -0.15) is 0 Å². The average Bonchev–Trinajstić information content (AvgIpc) is 2.92. The summed E-state index contributed by atoms with van der Waals surface area (Å²) in [5.74, 6) is 0.563. The van der Waals surface area contributed by atoms with Crippen LogP contribution in [0.4, 0.5) is 9.59 Å². The molecule has 2 heterocycles. The summed E-state index contributed by atoms with van der Waals surface area (Å²) >= 11 is 5.64. The third-order valence-electron chi connectivity index (χ3n) is 6.89. The minimum atomic E-state index is -0.523. The SMILES string of the molecule is CC(C)(C)OC(=O)N1CCN2C(=O)N(C34CC(CNC(=O)CCCCl)(C3)C4)C[C@@H]2C1. The van der Waals surface area contributed by atoms with E-state index in [-0.39, 0.29) is 35.0 Å². The minimum absolute atomic E-state index is 0.0269. The Morgan fingerprint density at radius 2 is 1.90 bits per heavy atom. The molecule has 5 aliphatic rings. The van der Waals surface area contributed by atoms with Crippen LogP contribution in [0.5, 0.6) is 0 Å². The van der Waals surface area contributed by atoms with Gasteiger partial charge in [-0.3, -0.25) is 4.79 Å². The molecule has 8 nitrogen and oxygen atoms in total. The molecule has 0 aromatic heterocycles. The van der Waals surface area contributed by atoms with Crippen LogP contribution in [-0.4, -0.2) is 88.5 Å². The first-order chi connectivity index (χ1) is 14.1. The molecular formula is C21H33ClN4O4. The molecule has 1 N–H and O–H groups in total. The Labute approximate surface area is 183 Å². The van der Waals surface area contributed by atoms with Crippen LogP contribution >= 0.6 is 11.6 Å². The van der Waals surface area contributed by atoms with Crippen LogP contribution in [0.3, 0.4) is 0 Å². The summed E-state index contributed by atoms with van der Waals surface area (Å²) in [5, 5.41) is 3.03. The maximum Gasteiger partial charge on any atom is 0.410 e. The van der Waals surface area contributed by atoms with Gasteiger partial charge in [-0.15, -0.1) is 11.6 Å². The Morgan fingerprint density at radius 1 is 1.20 bits per heavy atom. The summed E-state index contributed by atoms with van der Waals surface area (Å²) < 4.78 is 5.50. The average molecular weight is 441 g/mol. The van der Waals surface area contributed by atoms with E-state index in [0.717, 1.165) is 19.3 Å². The lowest BCUT2D eigenvalue weighted by molar-refractivity contribution is -0.197. The molecule has 0 aromatic carbocycles. The Hall–Kier alpha value is -1.70. The first-order valence-corrected chi connectivity index (χ1v) is 11.5. The third kappa shape index (κ3) is 3.83. The Kier molecular flexibility index (Phi) is 5.36. The Balaban J connectivity index is 1.28. The van der Waals surface area contributed by atoms with Crippen molar-refractivity contribution in [3.63, 3.8) is 0 Å². The van der Waals surface area contributed by atoms with E-state index >= 15 is 0 Å². The fourth-order valence-electron chi connectivity index (χ4n) is 5.61. The molecule has 2 bridgehead atoms. The quantitative estimate of drug-likeness (QED) is 0.643. The highest BCUT2D eigenvalue weighted by atomic mass is 35.5. The van der Waals surface area contributed by atoms with Gasteiger partial charge in [0.2, 0.25) is 5.91 Å². The largest absolute Gasteiger partial charge is 0.444 e. The van der Waals surface area contributed by atoms with Gasteiger partial charge >= 0.3 is 12.1 Å². The summed E-state index contributed by atoms with van der Waals surface area (Å²) in [7, 11) is 0. The number of hydrogen-bond donors (Lipinski definition) is 1. The molecule has 2 aliphatic heterocycles. The van der Waals surface area contributed by atoms with Crippen molar-refractivity contribution >= 4 is 29.6 Å². The minimum Gasteiger partial charge on any atom is -0.444 e. The number of urea groups is 1. The molecule has 0 radical (unpaired) electrons. The molecule has 3 aliphatic carbocycles. The van der Waals surface area contributed by atoms with Crippen molar-refractivity contribution in [3.05, 3.63) is 0 Å². The van der Waals surface area contributed by atoms with E-state index < -0.39 is 5.60 Å². The molecule has 4 amide bonds. The van der Waals surface area contributed by atoms with Crippen molar-refractivity contribution in [2.24, 2.45) is 5.41 Å². The zero-order chi connectivity index (χ0) is 21.7. The second-order valence-corrected chi connectivity index (χ2v) is 10.9. The van der Waals surface area contributed by atoms with Gasteiger partial charge in [0, 0.05) is 50.6 Å². The molecule has 0 aromatic rings. The Bertz CT molecular complexity index is 717. The van der Waals surface area contributed by atoms with Gasteiger partial charge in [-0.05, 0) is 51.9 Å². The predicted molar refractivity (Wildman–Crippen MR) is 112 cm³/mol. The van der Waals surface area contributed by atoms with Crippen molar-refractivity contribution in [2.45, 2.75) is 70.1 Å². The molecular weight excluding hydrogens is 408 g/mol. The number of fused-ring (bicyclic) bond motifs is 1. The lowest BCUT2D eigenvalue weighted by Gasteiger charge is -2.73. The number of hydrogen-bond acceptors (Lipinski definition) is 4. The van der Waals surface area contributed by atoms with Crippen LogP contribution in [0, 0.1) is 5.41 Å². The first-order valence-electron chi connectivity index (χ1n) is 11.0. The van der Waals surface area contributed by atoms with Crippen LogP contribution < -0.4 is 5.32 Å². The smallest absolute Gasteiger partial charge is 0.410 e. The summed E-state index contributed by atoms with van der Waals surface area (Å²) in [6, 6.07) is 0.127. The first kappa shape index (κ1) is 21.5. The number of nitrogens with one attached hydrogen (secondary N) is 1. The van der Waals surface area contributed by atoms with Crippen molar-refractivity contribution in [2.75, 3.05) is 38.6 Å². The van der Waals surface area contributed by atoms with Gasteiger partial charge in [-0.25, -0.2) is 9.59 Å². The topological polar surface area (TPSA) is 82.2 Å². The number of alkyl halides is 1. The lowest BCUT2D eigenvalue weighted by atomic mass is 9.38. The molecule has 5 rings (SSSR count). The van der Waals surface area contributed by atoms with E-state index in [9.17, 15) is 14.4 Å². The van der Waals surface area contributed by atoms with E-state index in [1.807, 2.05) is 30.6 Å². The number of amides is 4. The van der Waals surface area contributed by atoms with Crippen LogP contribution in [0.2, 0.25) is 0 Å². The molecule has 1 atom stereocenters. The van der Waals surface area contributed by atoms with E-state index in [0.29, 0.717) is 51.4 Å². The summed E-state index contributed by atoms with van der Waals surface area (Å²) in [5.41, 5.74) is -0.417. The normalized spacial score (nSPS) is 32.3. The lowest BCUT2D eigenvalue weighted by Crippen LogP contribution is -2.77. The molecule has 5 fully saturated rings. The number of ether oxygens (including phenoxy) is 1. The molecule has 0 unspecified atom stereocenters. The molecule has 2 saturated heterocycles. The maximum absolute atomic E-state index is 13.0. The van der Waals surface area contributed by atoms with Crippen molar-refractivity contribution in [1.82, 2.24) is 20.0 Å². The number of rotatable bonds is 6. The monoisotopic (exact) mass is 440 g/mol. The van der Waals surface area contributed by atoms with Gasteiger partial charge in [0.15, 0.2) is 0 Å². The molecule has 30 heavy (non-hydrogen) atoms. The van der Waals surface area contributed by atoms with Crippen molar-refractivity contribution < 1.29 is 19.1 Å². The molecule has 9 heteroatoms. The Morgan fingerprint density at radius 3 is 2.53 bits per heavy atom.